The lowest BCUT2D eigenvalue weighted by Crippen LogP contribution is -2.58. The normalized spacial score (nSPS) is 9.82. The van der Waals surface area contributed by atoms with Crippen LogP contribution in [-0.4, -0.2) is 34.6 Å². The molecule has 224 valence electrons. The Morgan fingerprint density at radius 3 is 0.636 bits per heavy atom. The van der Waals surface area contributed by atoms with E-state index in [0.717, 1.165) is 34.9 Å². The summed E-state index contributed by atoms with van der Waals surface area (Å²) in [7, 11) is -4.69. The number of pyridine rings is 6. The number of nitrogens with zero attached hydrogens (tertiary/aromatic N) is 6. The molecule has 0 saturated carbocycles. The Bertz CT molecular complexity index is 1260. The Hall–Kier alpha value is -5.57. The summed E-state index contributed by atoms with van der Waals surface area (Å²) in [5, 5.41) is 9.24. The molecule has 6 aromatic heterocycles. The topological polar surface area (TPSA) is 203 Å². The molecular formula is C30H28ClN9O4. The van der Waals surface area contributed by atoms with E-state index in [1.54, 1.807) is 37.2 Å². The first-order valence-corrected chi connectivity index (χ1v) is 14.0. The predicted molar refractivity (Wildman–Crippen MR) is 157 cm³/mol. The fraction of sp³-hybridized carbons (Fsp3) is 0. The fourth-order valence-corrected chi connectivity index (χ4v) is 3.01. The van der Waals surface area contributed by atoms with Gasteiger partial charge in [0.15, 0.2) is 0 Å². The largest absolute Gasteiger partial charge is 0.325 e. The van der Waals surface area contributed by atoms with E-state index in [2.05, 4.69) is 45.9 Å². The molecule has 0 aliphatic carbocycles. The van der Waals surface area contributed by atoms with E-state index in [4.69, 9.17) is 18.6 Å². The Morgan fingerprint density at radius 2 is 0.523 bits per heavy atom. The second-order valence-electron chi connectivity index (χ2n) is 8.06. The van der Waals surface area contributed by atoms with Gasteiger partial charge in [-0.3, -0.25) is 0 Å². The van der Waals surface area contributed by atoms with Crippen molar-refractivity contribution in [3.63, 3.8) is 0 Å². The quantitative estimate of drug-likeness (QED) is 0.213. The highest BCUT2D eigenvalue weighted by molar-refractivity contribution is 5.52. The van der Waals surface area contributed by atoms with Crippen molar-refractivity contribution in [3.05, 3.63) is 146 Å². The number of nitrogens with one attached hydrogen (secondary N) is 3. The van der Waals surface area contributed by atoms with Gasteiger partial charge in [0.1, 0.15) is 34.9 Å². The van der Waals surface area contributed by atoms with E-state index in [1.165, 1.54) is 0 Å². The van der Waals surface area contributed by atoms with Crippen LogP contribution in [0.15, 0.2) is 146 Å². The van der Waals surface area contributed by atoms with Crippen molar-refractivity contribution >= 4 is 34.9 Å². The molecule has 0 spiro atoms. The van der Waals surface area contributed by atoms with Crippen LogP contribution in [0.25, 0.3) is 0 Å². The minimum absolute atomic E-state index is 0.807. The highest BCUT2D eigenvalue weighted by atomic mass is 35.7. The molecule has 0 fully saturated rings. The van der Waals surface area contributed by atoms with E-state index >= 15 is 0 Å². The first-order valence-electron chi connectivity index (χ1n) is 12.8. The second kappa shape index (κ2) is 18.8. The molecule has 0 saturated heterocycles. The lowest BCUT2D eigenvalue weighted by Gasteiger charge is -2.03. The molecule has 13 nitrogen and oxygen atoms in total. The zero-order valence-corrected chi connectivity index (χ0v) is 23.8. The van der Waals surface area contributed by atoms with E-state index < -0.39 is 10.2 Å². The van der Waals surface area contributed by atoms with Crippen LogP contribution in [-0.2, 0) is 0 Å². The van der Waals surface area contributed by atoms with Gasteiger partial charge in [-0.2, -0.15) is 14.0 Å². The molecule has 0 radical (unpaired) electrons. The third-order valence-corrected chi connectivity index (χ3v) is 4.76. The molecule has 44 heavy (non-hydrogen) atoms. The number of aromatic nitrogens is 6. The molecule has 0 atom stereocenters. The molecule has 0 aromatic carbocycles. The lowest BCUT2D eigenvalue weighted by atomic mass is 10.4. The number of hydrogen-bond donors (Lipinski definition) is 4. The van der Waals surface area contributed by atoms with Gasteiger partial charge >= 0.3 is 0 Å². The van der Waals surface area contributed by atoms with Crippen LogP contribution in [0.3, 0.4) is 0 Å². The molecule has 14 heteroatoms. The Balaban J connectivity index is 0.000000168. The van der Waals surface area contributed by atoms with Crippen LogP contribution >= 0.6 is 0 Å². The van der Waals surface area contributed by atoms with E-state index in [0.29, 0.717) is 0 Å². The van der Waals surface area contributed by atoms with E-state index in [1.807, 2.05) is 109 Å². The van der Waals surface area contributed by atoms with Crippen molar-refractivity contribution in [2.24, 2.45) is 0 Å². The molecule has 0 unspecified atom stereocenters. The van der Waals surface area contributed by atoms with Crippen LogP contribution in [0.4, 0.5) is 34.9 Å². The molecule has 0 aliphatic rings. The smallest absolute Gasteiger partial charge is 0.131 e. The first kappa shape index (κ1) is 32.9. The summed E-state index contributed by atoms with van der Waals surface area (Å²) < 4.78 is 32.7. The van der Waals surface area contributed by atoms with E-state index in [-0.39, 0.29) is 0 Å². The molecule has 0 amide bonds. The van der Waals surface area contributed by atoms with Gasteiger partial charge in [-0.05, 0) is 72.8 Å². The monoisotopic (exact) mass is 613 g/mol. The SMILES string of the molecule is [O-][Cl+3]([O-])([O-])O.c1ccc(Nc2ccccn2)nc1.c1ccc(Nc2ccccn2)nc1.c1ccc(Nc2ccccn2)nc1. The summed E-state index contributed by atoms with van der Waals surface area (Å²) >= 11 is 0. The van der Waals surface area contributed by atoms with Crippen LogP contribution < -0.4 is 29.9 Å². The van der Waals surface area contributed by atoms with Gasteiger partial charge in [0.2, 0.25) is 0 Å². The Labute approximate surface area is 255 Å². The minimum Gasteiger partial charge on any atom is -0.325 e. The number of rotatable bonds is 6. The van der Waals surface area contributed by atoms with Crippen LogP contribution in [0.2, 0.25) is 0 Å². The van der Waals surface area contributed by atoms with Crippen LogP contribution in [0, 0.1) is 10.2 Å². The van der Waals surface area contributed by atoms with Gasteiger partial charge in [-0.25, -0.2) is 29.9 Å². The average molecular weight is 614 g/mol. The summed E-state index contributed by atoms with van der Waals surface area (Å²) in [6.45, 7) is 0. The molecule has 6 aromatic rings. The zero-order chi connectivity index (χ0) is 31.3. The number of hydrogen-bond acceptors (Lipinski definition) is 13. The highest BCUT2D eigenvalue weighted by Crippen LogP contribution is 2.11. The van der Waals surface area contributed by atoms with Gasteiger partial charge < -0.3 is 16.0 Å². The Morgan fingerprint density at radius 1 is 0.364 bits per heavy atom. The van der Waals surface area contributed by atoms with Crippen molar-refractivity contribution < 1.29 is 28.9 Å². The van der Waals surface area contributed by atoms with Crippen molar-refractivity contribution in [1.82, 2.24) is 29.9 Å². The first-order chi connectivity index (χ1) is 21.3. The third-order valence-electron chi connectivity index (χ3n) is 4.76. The zero-order valence-electron chi connectivity index (χ0n) is 23.1. The molecular weight excluding hydrogens is 586 g/mol. The maximum atomic E-state index is 8.60. The van der Waals surface area contributed by atoms with Gasteiger partial charge in [-0.1, -0.05) is 36.4 Å². The van der Waals surface area contributed by atoms with Crippen molar-refractivity contribution in [1.29, 1.82) is 0 Å². The van der Waals surface area contributed by atoms with Crippen LogP contribution in [0.5, 0.6) is 0 Å². The second-order valence-corrected chi connectivity index (χ2v) is 8.85. The fourth-order valence-electron chi connectivity index (χ4n) is 3.01. The summed E-state index contributed by atoms with van der Waals surface area (Å²) in [6.07, 6.45) is 10.4. The Kier molecular flexibility index (Phi) is 14.1. The van der Waals surface area contributed by atoms with Gasteiger partial charge in [0.25, 0.3) is 0 Å². The summed E-state index contributed by atoms with van der Waals surface area (Å²) in [5.74, 6) is 4.84. The van der Waals surface area contributed by atoms with Crippen molar-refractivity contribution in [3.8, 4) is 0 Å². The molecule has 4 N–H and O–H groups in total. The van der Waals surface area contributed by atoms with Crippen LogP contribution in [0.1, 0.15) is 0 Å². The highest BCUT2D eigenvalue weighted by Gasteiger charge is 1.99. The molecule has 0 aliphatic heterocycles. The summed E-state index contributed by atoms with van der Waals surface area (Å²) in [5.41, 5.74) is 0. The van der Waals surface area contributed by atoms with Crippen molar-refractivity contribution in [2.45, 2.75) is 0 Å². The molecule has 6 rings (SSSR count). The van der Waals surface area contributed by atoms with Crippen molar-refractivity contribution in [2.75, 3.05) is 16.0 Å². The summed E-state index contributed by atoms with van der Waals surface area (Å²) in [6, 6.07) is 34.2. The number of anilines is 6. The average Bonchev–Trinajstić information content (AvgIpc) is 3.04. The van der Waals surface area contributed by atoms with E-state index in [9.17, 15) is 0 Å². The maximum Gasteiger partial charge on any atom is 0.131 e. The molecule has 0 bridgehead atoms. The standard InChI is InChI=1S/3C10H9N3.ClHO4/c3*1-3-7-11-9(5-1)13-10-6-2-4-8-12-10;2-1(3,4)5/h3*1-8H,(H,11,12,13);(H,2,3,4,5). The minimum atomic E-state index is -4.69. The lowest BCUT2D eigenvalue weighted by molar-refractivity contribution is -1.92. The molecule has 6 heterocycles. The number of halogens is 1. The van der Waals surface area contributed by atoms with Gasteiger partial charge in [0, 0.05) is 37.2 Å². The van der Waals surface area contributed by atoms with Gasteiger partial charge in [0.05, 0.1) is 14.9 Å². The third kappa shape index (κ3) is 15.4. The van der Waals surface area contributed by atoms with Gasteiger partial charge in [-0.15, -0.1) is 0 Å². The predicted octanol–water partition coefficient (Wildman–Crippen LogP) is 2.54. The maximum absolute atomic E-state index is 8.60. The summed E-state index contributed by atoms with van der Waals surface area (Å²) in [4.78, 5) is 24.7.